The molecule has 0 aromatic heterocycles. The SMILES string of the molecule is CCC(C)NC(=O)C(CC)N(Cc1c(Cl)cccc1Cl)C(=O)CN(C)S(=O)(=O)c1ccc(Cl)cc1. The number of carbonyl (C=O) groups is 2. The Balaban J connectivity index is 2.39. The number of hydrogen-bond acceptors (Lipinski definition) is 4. The first-order chi connectivity index (χ1) is 16.4. The van der Waals surface area contributed by atoms with E-state index in [1.807, 2.05) is 13.8 Å². The molecule has 0 bridgehead atoms. The van der Waals surface area contributed by atoms with E-state index in [1.54, 1.807) is 25.1 Å². The summed E-state index contributed by atoms with van der Waals surface area (Å²) in [5.41, 5.74) is 0.474. The monoisotopic (exact) mass is 561 g/mol. The standard InChI is InChI=1S/C24H30Cl3N3O4S/c1-5-16(3)28-24(32)22(6-2)30(14-19-20(26)8-7-9-21(19)27)23(31)15-29(4)35(33,34)18-12-10-17(25)11-13-18/h7-13,16,22H,5-6,14-15H2,1-4H3,(H,28,32). The van der Waals surface area contributed by atoms with Crippen LogP contribution in [0.2, 0.25) is 15.1 Å². The van der Waals surface area contributed by atoms with Gasteiger partial charge >= 0.3 is 0 Å². The van der Waals surface area contributed by atoms with Gasteiger partial charge in [0.05, 0.1) is 11.4 Å². The van der Waals surface area contributed by atoms with E-state index in [2.05, 4.69) is 5.32 Å². The van der Waals surface area contributed by atoms with Crippen molar-refractivity contribution < 1.29 is 18.0 Å². The summed E-state index contributed by atoms with van der Waals surface area (Å²) in [6, 6.07) is 9.68. The molecule has 0 saturated heterocycles. The molecule has 2 rings (SSSR count). The van der Waals surface area contributed by atoms with Crippen molar-refractivity contribution in [3.63, 3.8) is 0 Å². The lowest BCUT2D eigenvalue weighted by molar-refractivity contribution is -0.141. The number of nitrogens with zero attached hydrogens (tertiary/aromatic N) is 2. The fraction of sp³-hybridized carbons (Fsp3) is 0.417. The molecular formula is C24H30Cl3N3O4S. The van der Waals surface area contributed by atoms with Crippen molar-refractivity contribution in [3.05, 3.63) is 63.1 Å². The number of nitrogens with one attached hydrogen (secondary N) is 1. The Hall–Kier alpha value is -1.84. The van der Waals surface area contributed by atoms with E-state index in [0.29, 0.717) is 33.5 Å². The largest absolute Gasteiger partial charge is 0.352 e. The van der Waals surface area contributed by atoms with Crippen LogP contribution >= 0.6 is 34.8 Å². The summed E-state index contributed by atoms with van der Waals surface area (Å²) in [5.74, 6) is -0.895. The molecule has 2 aromatic rings. The summed E-state index contributed by atoms with van der Waals surface area (Å²) in [5, 5.41) is 3.98. The average molecular weight is 563 g/mol. The van der Waals surface area contributed by atoms with Crippen LogP contribution in [0.3, 0.4) is 0 Å². The highest BCUT2D eigenvalue weighted by Gasteiger charge is 2.33. The van der Waals surface area contributed by atoms with Crippen LogP contribution in [0.15, 0.2) is 47.4 Å². The summed E-state index contributed by atoms with van der Waals surface area (Å²) in [7, 11) is -2.67. The third-order valence-electron chi connectivity index (χ3n) is 5.66. The first kappa shape index (κ1) is 29.4. The summed E-state index contributed by atoms with van der Waals surface area (Å²) < 4.78 is 27.0. The maximum atomic E-state index is 13.5. The molecule has 192 valence electrons. The molecule has 0 aliphatic heterocycles. The quantitative estimate of drug-likeness (QED) is 0.418. The van der Waals surface area contributed by atoms with E-state index < -0.39 is 28.5 Å². The zero-order valence-electron chi connectivity index (χ0n) is 20.1. The first-order valence-corrected chi connectivity index (χ1v) is 13.7. The number of halogens is 3. The number of sulfonamides is 1. The first-order valence-electron chi connectivity index (χ1n) is 11.2. The predicted octanol–water partition coefficient (Wildman–Crippen LogP) is 4.99. The molecular weight excluding hydrogens is 533 g/mol. The van der Waals surface area contributed by atoms with Crippen LogP contribution in [-0.4, -0.2) is 55.1 Å². The molecule has 0 saturated carbocycles. The summed E-state index contributed by atoms with van der Waals surface area (Å²) in [4.78, 5) is 27.9. The number of hydrogen-bond donors (Lipinski definition) is 1. The Kier molecular flexibility index (Phi) is 10.9. The second kappa shape index (κ2) is 12.9. The minimum absolute atomic E-state index is 0.000506. The van der Waals surface area contributed by atoms with Crippen LogP contribution in [0.25, 0.3) is 0 Å². The third kappa shape index (κ3) is 7.57. The van der Waals surface area contributed by atoms with Crippen molar-refractivity contribution in [3.8, 4) is 0 Å². The maximum absolute atomic E-state index is 13.5. The van der Waals surface area contributed by atoms with Gasteiger partial charge in [-0.15, -0.1) is 0 Å². The van der Waals surface area contributed by atoms with Gasteiger partial charge in [-0.2, -0.15) is 4.31 Å². The predicted molar refractivity (Wildman–Crippen MR) is 140 cm³/mol. The van der Waals surface area contributed by atoms with Gasteiger partial charge in [0.25, 0.3) is 0 Å². The summed E-state index contributed by atoms with van der Waals surface area (Å²) >= 11 is 18.6. The fourth-order valence-corrected chi connectivity index (χ4v) is 5.13. The van der Waals surface area contributed by atoms with Gasteiger partial charge in [0, 0.05) is 40.3 Å². The summed E-state index contributed by atoms with van der Waals surface area (Å²) in [6.45, 7) is 5.05. The van der Waals surface area contributed by atoms with Crippen molar-refractivity contribution in [1.82, 2.24) is 14.5 Å². The maximum Gasteiger partial charge on any atom is 0.243 e. The minimum atomic E-state index is -3.97. The molecule has 7 nitrogen and oxygen atoms in total. The van der Waals surface area contributed by atoms with Gasteiger partial charge in [0.2, 0.25) is 21.8 Å². The van der Waals surface area contributed by atoms with Crippen LogP contribution < -0.4 is 5.32 Å². The lowest BCUT2D eigenvalue weighted by Gasteiger charge is -2.33. The molecule has 0 fully saturated rings. The number of carbonyl (C=O) groups excluding carboxylic acids is 2. The van der Waals surface area contributed by atoms with Crippen molar-refractivity contribution in [2.45, 2.75) is 57.1 Å². The van der Waals surface area contributed by atoms with Gasteiger partial charge in [-0.3, -0.25) is 9.59 Å². The van der Waals surface area contributed by atoms with Crippen LogP contribution in [0.5, 0.6) is 0 Å². The topological polar surface area (TPSA) is 86.8 Å². The molecule has 2 atom stereocenters. The van der Waals surface area contributed by atoms with Crippen molar-refractivity contribution in [1.29, 1.82) is 0 Å². The molecule has 11 heteroatoms. The van der Waals surface area contributed by atoms with Gasteiger partial charge in [-0.05, 0) is 56.2 Å². The third-order valence-corrected chi connectivity index (χ3v) is 8.43. The van der Waals surface area contributed by atoms with E-state index in [9.17, 15) is 18.0 Å². The number of benzene rings is 2. The lowest BCUT2D eigenvalue weighted by atomic mass is 10.1. The number of rotatable bonds is 11. The number of amides is 2. The summed E-state index contributed by atoms with van der Waals surface area (Å²) in [6.07, 6.45) is 1.03. The minimum Gasteiger partial charge on any atom is -0.352 e. The highest BCUT2D eigenvalue weighted by atomic mass is 35.5. The van der Waals surface area contributed by atoms with Crippen LogP contribution in [0.1, 0.15) is 39.2 Å². The van der Waals surface area contributed by atoms with Crippen LogP contribution in [0, 0.1) is 0 Å². The lowest BCUT2D eigenvalue weighted by Crippen LogP contribution is -2.53. The van der Waals surface area contributed by atoms with Crippen LogP contribution in [-0.2, 0) is 26.2 Å². The average Bonchev–Trinajstić information content (AvgIpc) is 2.80. The Morgan fingerprint density at radius 1 is 0.971 bits per heavy atom. The zero-order valence-corrected chi connectivity index (χ0v) is 23.2. The van der Waals surface area contributed by atoms with Crippen molar-refractivity contribution in [2.75, 3.05) is 13.6 Å². The molecule has 35 heavy (non-hydrogen) atoms. The molecule has 0 aliphatic carbocycles. The second-order valence-corrected chi connectivity index (χ2v) is 11.5. The van der Waals surface area contributed by atoms with E-state index in [0.717, 1.165) is 4.31 Å². The van der Waals surface area contributed by atoms with Gasteiger partial charge in [0.1, 0.15) is 6.04 Å². The highest BCUT2D eigenvalue weighted by Crippen LogP contribution is 2.27. The Labute approximate surface area is 222 Å². The Bertz CT molecular complexity index is 1120. The molecule has 2 amide bonds. The molecule has 0 spiro atoms. The normalized spacial score (nSPS) is 13.4. The Morgan fingerprint density at radius 3 is 2.06 bits per heavy atom. The van der Waals surface area contributed by atoms with E-state index >= 15 is 0 Å². The smallest absolute Gasteiger partial charge is 0.243 e. The van der Waals surface area contributed by atoms with Crippen LogP contribution in [0.4, 0.5) is 0 Å². The van der Waals surface area contributed by atoms with Gasteiger partial charge in [-0.1, -0.05) is 54.7 Å². The fourth-order valence-electron chi connectivity index (χ4n) is 3.37. The molecule has 0 aliphatic rings. The van der Waals surface area contributed by atoms with E-state index in [1.165, 1.54) is 36.2 Å². The van der Waals surface area contributed by atoms with Crippen molar-refractivity contribution >= 4 is 56.6 Å². The van der Waals surface area contributed by atoms with Gasteiger partial charge in [0.15, 0.2) is 0 Å². The van der Waals surface area contributed by atoms with Gasteiger partial charge in [-0.25, -0.2) is 8.42 Å². The molecule has 1 N–H and O–H groups in total. The van der Waals surface area contributed by atoms with E-state index in [-0.39, 0.29) is 23.4 Å². The second-order valence-electron chi connectivity index (χ2n) is 8.18. The number of likely N-dealkylation sites (N-methyl/N-ethyl adjacent to an activating group) is 1. The highest BCUT2D eigenvalue weighted by molar-refractivity contribution is 7.89. The zero-order chi connectivity index (χ0) is 26.3. The molecule has 0 heterocycles. The van der Waals surface area contributed by atoms with Gasteiger partial charge < -0.3 is 10.2 Å². The molecule has 0 radical (unpaired) electrons. The Morgan fingerprint density at radius 2 is 1.54 bits per heavy atom. The van der Waals surface area contributed by atoms with Crippen molar-refractivity contribution in [2.24, 2.45) is 0 Å². The van der Waals surface area contributed by atoms with E-state index in [4.69, 9.17) is 34.8 Å². The molecule has 2 unspecified atom stereocenters. The molecule has 2 aromatic carbocycles.